The molecule has 0 fully saturated rings. The molecule has 0 radical (unpaired) electrons. The van der Waals surface area contributed by atoms with Crippen molar-refractivity contribution in [2.45, 2.75) is 12.9 Å². The Bertz CT molecular complexity index is 782. The van der Waals surface area contributed by atoms with E-state index in [9.17, 15) is 23.3 Å². The molecule has 0 saturated carbocycles. The number of nitrogens with one attached hydrogen (secondary N) is 1. The molecule has 0 spiro atoms. The second-order valence-corrected chi connectivity index (χ2v) is 4.78. The summed E-state index contributed by atoms with van der Waals surface area (Å²) in [5.74, 6) is -0.406. The molecular formula is C15H14F3IN4O3. The molecule has 0 aliphatic carbocycles. The lowest BCUT2D eigenvalue weighted by molar-refractivity contribution is -0.385. The summed E-state index contributed by atoms with van der Waals surface area (Å²) in [5.41, 5.74) is 6.37. The van der Waals surface area contributed by atoms with Crippen molar-refractivity contribution in [1.82, 2.24) is 0 Å². The van der Waals surface area contributed by atoms with Crippen molar-refractivity contribution in [3.05, 3.63) is 64.2 Å². The number of ether oxygens (including phenoxy) is 1. The highest BCUT2D eigenvalue weighted by molar-refractivity contribution is 14.0. The van der Waals surface area contributed by atoms with Crippen LogP contribution in [0.25, 0.3) is 0 Å². The highest BCUT2D eigenvalue weighted by Gasteiger charge is 2.30. The fraction of sp³-hybridized carbons (Fsp3) is 0.133. The Balaban J connectivity index is 0.00000338. The van der Waals surface area contributed by atoms with Gasteiger partial charge in [0, 0.05) is 11.8 Å². The number of aliphatic imine (C=N–C) groups is 1. The SMILES string of the molecule is I.NC(=NCc1ccccc1[N+](=O)[O-])Nc1ccc(OC(F)(F)F)cc1. The van der Waals surface area contributed by atoms with Crippen LogP contribution in [0.4, 0.5) is 24.5 Å². The summed E-state index contributed by atoms with van der Waals surface area (Å²) in [6.45, 7) is -0.0226. The third kappa shape index (κ3) is 6.74. The number of nitro benzene ring substituents is 1. The van der Waals surface area contributed by atoms with Crippen molar-refractivity contribution in [1.29, 1.82) is 0 Å². The van der Waals surface area contributed by atoms with Gasteiger partial charge in [-0.05, 0) is 24.3 Å². The summed E-state index contributed by atoms with van der Waals surface area (Å²) in [5, 5.41) is 13.6. The molecule has 0 bridgehead atoms. The first-order valence-electron chi connectivity index (χ1n) is 6.89. The largest absolute Gasteiger partial charge is 0.573 e. The third-order valence-corrected chi connectivity index (χ3v) is 2.97. The molecule has 0 aliphatic heterocycles. The summed E-state index contributed by atoms with van der Waals surface area (Å²) in [4.78, 5) is 14.4. The van der Waals surface area contributed by atoms with Crippen molar-refractivity contribution in [2.24, 2.45) is 10.7 Å². The van der Waals surface area contributed by atoms with E-state index in [0.29, 0.717) is 11.3 Å². The minimum absolute atomic E-state index is 0. The van der Waals surface area contributed by atoms with Gasteiger partial charge >= 0.3 is 6.36 Å². The zero-order valence-electron chi connectivity index (χ0n) is 13.1. The molecule has 2 aromatic rings. The van der Waals surface area contributed by atoms with Gasteiger partial charge in [0.15, 0.2) is 5.96 Å². The number of nitro groups is 1. The molecule has 0 aromatic heterocycles. The molecule has 0 aliphatic rings. The fourth-order valence-electron chi connectivity index (χ4n) is 1.92. The molecule has 0 unspecified atom stereocenters. The van der Waals surface area contributed by atoms with Crippen LogP contribution in [0.5, 0.6) is 5.75 Å². The highest BCUT2D eigenvalue weighted by Crippen LogP contribution is 2.24. The van der Waals surface area contributed by atoms with Crippen molar-refractivity contribution < 1.29 is 22.8 Å². The summed E-state index contributed by atoms with van der Waals surface area (Å²) in [7, 11) is 0. The number of guanidine groups is 1. The van der Waals surface area contributed by atoms with Crippen LogP contribution in [0.15, 0.2) is 53.5 Å². The molecule has 0 heterocycles. The molecule has 26 heavy (non-hydrogen) atoms. The van der Waals surface area contributed by atoms with E-state index in [2.05, 4.69) is 15.0 Å². The van der Waals surface area contributed by atoms with Crippen LogP contribution in [-0.4, -0.2) is 17.2 Å². The summed E-state index contributed by atoms with van der Waals surface area (Å²) in [6, 6.07) is 11.0. The number of nitrogens with zero attached hydrogens (tertiary/aromatic N) is 2. The van der Waals surface area contributed by atoms with E-state index in [1.54, 1.807) is 12.1 Å². The molecule has 0 saturated heterocycles. The average molecular weight is 482 g/mol. The van der Waals surface area contributed by atoms with E-state index < -0.39 is 11.3 Å². The zero-order chi connectivity index (χ0) is 18.4. The molecule has 0 amide bonds. The van der Waals surface area contributed by atoms with Gasteiger partial charge in [-0.2, -0.15) is 0 Å². The van der Waals surface area contributed by atoms with Crippen molar-refractivity contribution >= 4 is 41.3 Å². The number of hydrogen-bond acceptors (Lipinski definition) is 4. The van der Waals surface area contributed by atoms with Gasteiger partial charge in [-0.15, -0.1) is 37.1 Å². The van der Waals surface area contributed by atoms with Crippen molar-refractivity contribution in [3.8, 4) is 5.75 Å². The van der Waals surface area contributed by atoms with Crippen LogP contribution in [0.1, 0.15) is 5.56 Å². The number of alkyl halides is 3. The van der Waals surface area contributed by atoms with E-state index in [-0.39, 0.29) is 47.9 Å². The smallest absolute Gasteiger partial charge is 0.406 e. The van der Waals surface area contributed by atoms with E-state index in [0.717, 1.165) is 12.1 Å². The monoisotopic (exact) mass is 482 g/mol. The van der Waals surface area contributed by atoms with Crippen molar-refractivity contribution in [3.63, 3.8) is 0 Å². The summed E-state index contributed by atoms with van der Waals surface area (Å²) in [6.07, 6.45) is -4.76. The molecule has 2 rings (SSSR count). The third-order valence-electron chi connectivity index (χ3n) is 2.97. The minimum Gasteiger partial charge on any atom is -0.406 e. The van der Waals surface area contributed by atoms with Gasteiger partial charge in [0.25, 0.3) is 5.69 Å². The first-order chi connectivity index (χ1) is 11.7. The Kier molecular flexibility index (Phi) is 7.61. The molecule has 140 valence electrons. The van der Waals surface area contributed by atoms with Gasteiger partial charge in [-0.1, -0.05) is 18.2 Å². The Morgan fingerprint density at radius 1 is 1.19 bits per heavy atom. The first-order valence-corrected chi connectivity index (χ1v) is 6.89. The Labute approximate surface area is 163 Å². The van der Waals surface area contributed by atoms with Crippen LogP contribution in [-0.2, 0) is 6.54 Å². The van der Waals surface area contributed by atoms with Crippen LogP contribution >= 0.6 is 24.0 Å². The molecule has 3 N–H and O–H groups in total. The predicted octanol–water partition coefficient (Wildman–Crippen LogP) is 4.04. The molecular weight excluding hydrogens is 468 g/mol. The lowest BCUT2D eigenvalue weighted by atomic mass is 10.2. The quantitative estimate of drug-likeness (QED) is 0.220. The number of halogens is 4. The number of anilines is 1. The van der Waals surface area contributed by atoms with E-state index in [1.807, 2.05) is 0 Å². The van der Waals surface area contributed by atoms with E-state index in [4.69, 9.17) is 5.73 Å². The van der Waals surface area contributed by atoms with Crippen LogP contribution in [0.2, 0.25) is 0 Å². The van der Waals surface area contributed by atoms with Gasteiger partial charge < -0.3 is 15.8 Å². The van der Waals surface area contributed by atoms with Gasteiger partial charge in [0.2, 0.25) is 0 Å². The number of benzene rings is 2. The first kappa shape index (κ1) is 21.5. The molecule has 7 nitrogen and oxygen atoms in total. The number of para-hydroxylation sites is 1. The van der Waals surface area contributed by atoms with Gasteiger partial charge in [0.1, 0.15) is 5.75 Å². The van der Waals surface area contributed by atoms with Gasteiger partial charge in [0.05, 0.1) is 17.0 Å². The van der Waals surface area contributed by atoms with E-state index in [1.165, 1.54) is 24.3 Å². The average Bonchev–Trinajstić information content (AvgIpc) is 2.53. The maximum atomic E-state index is 12.1. The van der Waals surface area contributed by atoms with Crippen LogP contribution in [0.3, 0.4) is 0 Å². The topological polar surface area (TPSA) is 103 Å². The molecule has 0 atom stereocenters. The fourth-order valence-corrected chi connectivity index (χ4v) is 1.92. The van der Waals surface area contributed by atoms with Crippen LogP contribution in [0, 0.1) is 10.1 Å². The number of rotatable bonds is 5. The van der Waals surface area contributed by atoms with Gasteiger partial charge in [-0.25, -0.2) is 4.99 Å². The Morgan fingerprint density at radius 3 is 2.38 bits per heavy atom. The maximum absolute atomic E-state index is 12.1. The summed E-state index contributed by atoms with van der Waals surface area (Å²) < 4.78 is 40.0. The second-order valence-electron chi connectivity index (χ2n) is 4.78. The van der Waals surface area contributed by atoms with Gasteiger partial charge in [-0.3, -0.25) is 10.1 Å². The second kappa shape index (κ2) is 9.22. The standard InChI is InChI=1S/C15H13F3N4O3.HI/c16-15(17,18)25-12-7-5-11(6-8-12)21-14(19)20-9-10-3-1-2-4-13(10)22(23)24;/h1-8H,9H2,(H3,19,20,21);1H. The maximum Gasteiger partial charge on any atom is 0.573 e. The van der Waals surface area contributed by atoms with Crippen molar-refractivity contribution in [2.75, 3.05) is 5.32 Å². The number of nitrogens with two attached hydrogens (primary N) is 1. The Hall–Kier alpha value is -2.57. The zero-order valence-corrected chi connectivity index (χ0v) is 15.4. The lowest BCUT2D eigenvalue weighted by Gasteiger charge is -2.10. The predicted molar refractivity (Wildman–Crippen MR) is 101 cm³/mol. The summed E-state index contributed by atoms with van der Waals surface area (Å²) >= 11 is 0. The normalized spacial score (nSPS) is 11.4. The highest BCUT2D eigenvalue weighted by atomic mass is 127. The molecule has 2 aromatic carbocycles. The van der Waals surface area contributed by atoms with Crippen LogP contribution < -0.4 is 15.8 Å². The minimum atomic E-state index is -4.76. The number of hydrogen-bond donors (Lipinski definition) is 2. The Morgan fingerprint density at radius 2 is 1.81 bits per heavy atom. The van der Waals surface area contributed by atoms with E-state index >= 15 is 0 Å². The lowest BCUT2D eigenvalue weighted by Crippen LogP contribution is -2.22. The molecule has 11 heteroatoms.